The number of rotatable bonds is 6. The second-order valence-corrected chi connectivity index (χ2v) is 4.89. The van der Waals surface area contributed by atoms with E-state index < -0.39 is 0 Å². The molecule has 1 unspecified atom stereocenters. The van der Waals surface area contributed by atoms with Gasteiger partial charge in [0.05, 0.1) is 6.61 Å². The largest absolute Gasteiger partial charge is 0.494 e. The van der Waals surface area contributed by atoms with Crippen LogP contribution in [0.3, 0.4) is 0 Å². The van der Waals surface area contributed by atoms with Crippen molar-refractivity contribution in [2.24, 2.45) is 0 Å². The Labute approximate surface area is 115 Å². The first kappa shape index (κ1) is 13.9. The van der Waals surface area contributed by atoms with E-state index in [2.05, 4.69) is 55.6 Å². The van der Waals surface area contributed by atoms with Crippen LogP contribution in [0.5, 0.6) is 5.75 Å². The summed E-state index contributed by atoms with van der Waals surface area (Å²) in [4.78, 5) is 0. The molecule has 1 N–H and O–H groups in total. The van der Waals surface area contributed by atoms with E-state index in [9.17, 15) is 0 Å². The van der Waals surface area contributed by atoms with Gasteiger partial charge in [0, 0.05) is 18.2 Å². The Kier molecular flexibility index (Phi) is 4.80. The molecule has 0 radical (unpaired) electrons. The zero-order valence-corrected chi connectivity index (χ0v) is 12.1. The number of hydrogen-bond acceptors (Lipinski definition) is 2. The highest BCUT2D eigenvalue weighted by atomic mass is 16.5. The lowest BCUT2D eigenvalue weighted by Crippen LogP contribution is -2.24. The third-order valence-electron chi connectivity index (χ3n) is 3.54. The molecule has 0 saturated carbocycles. The summed E-state index contributed by atoms with van der Waals surface area (Å²) in [7, 11) is 0. The lowest BCUT2D eigenvalue weighted by Gasteiger charge is -2.16. The van der Waals surface area contributed by atoms with E-state index in [4.69, 9.17) is 4.74 Å². The second-order valence-electron chi connectivity index (χ2n) is 4.89. The topological polar surface area (TPSA) is 21.3 Å². The summed E-state index contributed by atoms with van der Waals surface area (Å²) in [5, 5.41) is 6.11. The van der Waals surface area contributed by atoms with E-state index in [0.29, 0.717) is 12.6 Å². The van der Waals surface area contributed by atoms with Crippen LogP contribution in [0.1, 0.15) is 32.8 Å². The van der Waals surface area contributed by atoms with Crippen molar-refractivity contribution in [3.63, 3.8) is 0 Å². The highest BCUT2D eigenvalue weighted by molar-refractivity contribution is 5.87. The molecule has 1 atom stereocenters. The smallest absolute Gasteiger partial charge is 0.124 e. The van der Waals surface area contributed by atoms with Crippen molar-refractivity contribution < 1.29 is 4.74 Å². The quantitative estimate of drug-likeness (QED) is 0.840. The predicted molar refractivity (Wildman–Crippen MR) is 81.7 cm³/mol. The predicted octanol–water partition coefficient (Wildman–Crippen LogP) is 4.13. The maximum absolute atomic E-state index is 5.77. The maximum Gasteiger partial charge on any atom is 0.124 e. The van der Waals surface area contributed by atoms with Gasteiger partial charge in [-0.15, -0.1) is 0 Å². The number of ether oxygens (including phenoxy) is 1. The van der Waals surface area contributed by atoms with Crippen LogP contribution in [0.4, 0.5) is 0 Å². The van der Waals surface area contributed by atoms with Crippen molar-refractivity contribution in [1.29, 1.82) is 0 Å². The first-order valence-corrected chi connectivity index (χ1v) is 7.13. The Balaban J connectivity index is 2.37. The molecular weight excluding hydrogens is 234 g/mol. The zero-order valence-electron chi connectivity index (χ0n) is 12.1. The Hall–Kier alpha value is -1.54. The highest BCUT2D eigenvalue weighted by Gasteiger charge is 2.09. The molecule has 102 valence electrons. The Morgan fingerprint density at radius 2 is 1.89 bits per heavy atom. The normalized spacial score (nSPS) is 12.6. The number of benzene rings is 2. The summed E-state index contributed by atoms with van der Waals surface area (Å²) in [5.74, 6) is 0.997. The molecule has 0 aliphatic rings. The third-order valence-corrected chi connectivity index (χ3v) is 3.54. The molecule has 0 amide bonds. The summed E-state index contributed by atoms with van der Waals surface area (Å²) >= 11 is 0. The van der Waals surface area contributed by atoms with Gasteiger partial charge in [-0.3, -0.25) is 0 Å². The van der Waals surface area contributed by atoms with Gasteiger partial charge in [-0.1, -0.05) is 37.3 Å². The standard InChI is InChI=1S/C17H23NO/c1-4-13(3)18-12-16-15-9-7-6-8-14(15)10-11-17(16)19-5-2/h6-11,13,18H,4-5,12H2,1-3H3. The molecular formula is C17H23NO. The zero-order chi connectivity index (χ0) is 13.7. The van der Waals surface area contributed by atoms with E-state index in [-0.39, 0.29) is 0 Å². The van der Waals surface area contributed by atoms with Crippen LogP contribution >= 0.6 is 0 Å². The minimum Gasteiger partial charge on any atom is -0.494 e. The first-order chi connectivity index (χ1) is 9.26. The van der Waals surface area contributed by atoms with Gasteiger partial charge in [0.15, 0.2) is 0 Å². The van der Waals surface area contributed by atoms with Crippen LogP contribution in [-0.4, -0.2) is 12.6 Å². The van der Waals surface area contributed by atoms with Gasteiger partial charge in [-0.05, 0) is 37.1 Å². The van der Waals surface area contributed by atoms with Gasteiger partial charge in [0.1, 0.15) is 5.75 Å². The fourth-order valence-electron chi connectivity index (χ4n) is 2.21. The summed E-state index contributed by atoms with van der Waals surface area (Å²) < 4.78 is 5.77. The molecule has 0 aliphatic carbocycles. The van der Waals surface area contributed by atoms with Crippen molar-refractivity contribution in [3.8, 4) is 5.75 Å². The minimum atomic E-state index is 0.522. The van der Waals surface area contributed by atoms with Crippen molar-refractivity contribution in [2.75, 3.05) is 6.61 Å². The van der Waals surface area contributed by atoms with Crippen molar-refractivity contribution in [3.05, 3.63) is 42.0 Å². The lowest BCUT2D eigenvalue weighted by atomic mass is 10.0. The van der Waals surface area contributed by atoms with E-state index in [1.165, 1.54) is 16.3 Å². The molecule has 2 rings (SSSR count). The minimum absolute atomic E-state index is 0.522. The first-order valence-electron chi connectivity index (χ1n) is 7.13. The van der Waals surface area contributed by atoms with Gasteiger partial charge in [-0.25, -0.2) is 0 Å². The molecule has 2 aromatic carbocycles. The Bertz CT molecular complexity index is 536. The van der Waals surface area contributed by atoms with Crippen LogP contribution in [-0.2, 0) is 6.54 Å². The molecule has 2 nitrogen and oxygen atoms in total. The molecule has 2 heteroatoms. The average Bonchev–Trinajstić information content (AvgIpc) is 2.45. The average molecular weight is 257 g/mol. The van der Waals surface area contributed by atoms with E-state index in [1.54, 1.807) is 0 Å². The summed E-state index contributed by atoms with van der Waals surface area (Å²) in [6.07, 6.45) is 1.13. The fourth-order valence-corrected chi connectivity index (χ4v) is 2.21. The second kappa shape index (κ2) is 6.58. The van der Waals surface area contributed by atoms with Crippen LogP contribution in [0, 0.1) is 0 Å². The number of nitrogens with one attached hydrogen (secondary N) is 1. The van der Waals surface area contributed by atoms with Crippen LogP contribution in [0.25, 0.3) is 10.8 Å². The molecule has 0 aliphatic heterocycles. The monoisotopic (exact) mass is 257 g/mol. The molecule has 0 spiro atoms. The molecule has 2 aromatic rings. The van der Waals surface area contributed by atoms with Crippen LogP contribution in [0.2, 0.25) is 0 Å². The number of hydrogen-bond donors (Lipinski definition) is 1. The van der Waals surface area contributed by atoms with E-state index in [0.717, 1.165) is 18.7 Å². The van der Waals surface area contributed by atoms with Gasteiger partial charge in [-0.2, -0.15) is 0 Å². The maximum atomic E-state index is 5.77. The van der Waals surface area contributed by atoms with Crippen molar-refractivity contribution >= 4 is 10.8 Å². The van der Waals surface area contributed by atoms with E-state index in [1.807, 2.05) is 6.92 Å². The molecule has 0 heterocycles. The highest BCUT2D eigenvalue weighted by Crippen LogP contribution is 2.28. The van der Waals surface area contributed by atoms with Gasteiger partial charge < -0.3 is 10.1 Å². The summed E-state index contributed by atoms with van der Waals surface area (Å²) in [6, 6.07) is 13.2. The Morgan fingerprint density at radius 3 is 2.63 bits per heavy atom. The molecule has 0 aromatic heterocycles. The van der Waals surface area contributed by atoms with Crippen molar-refractivity contribution in [1.82, 2.24) is 5.32 Å². The SMILES string of the molecule is CCOc1ccc2ccccc2c1CNC(C)CC. The molecule has 0 fully saturated rings. The van der Waals surface area contributed by atoms with Gasteiger partial charge in [0.2, 0.25) is 0 Å². The molecule has 0 bridgehead atoms. The number of fused-ring (bicyclic) bond motifs is 1. The van der Waals surface area contributed by atoms with E-state index >= 15 is 0 Å². The third kappa shape index (κ3) is 3.27. The molecule has 19 heavy (non-hydrogen) atoms. The Morgan fingerprint density at radius 1 is 1.11 bits per heavy atom. The fraction of sp³-hybridized carbons (Fsp3) is 0.412. The van der Waals surface area contributed by atoms with Crippen LogP contribution in [0.15, 0.2) is 36.4 Å². The lowest BCUT2D eigenvalue weighted by molar-refractivity contribution is 0.335. The van der Waals surface area contributed by atoms with Crippen LogP contribution < -0.4 is 10.1 Å². The summed E-state index contributed by atoms with van der Waals surface area (Å²) in [6.45, 7) is 8.00. The van der Waals surface area contributed by atoms with Crippen molar-refractivity contribution in [2.45, 2.75) is 39.8 Å². The summed E-state index contributed by atoms with van der Waals surface area (Å²) in [5.41, 5.74) is 1.26. The van der Waals surface area contributed by atoms with Gasteiger partial charge in [0.25, 0.3) is 0 Å². The molecule has 0 saturated heterocycles. The van der Waals surface area contributed by atoms with Gasteiger partial charge >= 0.3 is 0 Å².